The Morgan fingerprint density at radius 3 is 2.41 bits per heavy atom. The van der Waals surface area contributed by atoms with Crippen LogP contribution in [0.15, 0.2) is 11.2 Å². The van der Waals surface area contributed by atoms with Gasteiger partial charge >= 0.3 is 0 Å². The van der Waals surface area contributed by atoms with E-state index in [0.717, 1.165) is 4.31 Å². The maximum absolute atomic E-state index is 12.0. The number of carbonyl (C=O) groups excluding carboxylic acids is 1. The van der Waals surface area contributed by atoms with Gasteiger partial charge in [0, 0.05) is 21.1 Å². The molecule has 7 nitrogen and oxygen atoms in total. The maximum atomic E-state index is 12.0. The summed E-state index contributed by atoms with van der Waals surface area (Å²) < 4.78 is 25.0. The summed E-state index contributed by atoms with van der Waals surface area (Å²) in [7, 11) is 0.820. The van der Waals surface area contributed by atoms with Crippen LogP contribution in [0.4, 0.5) is 0 Å². The summed E-state index contributed by atoms with van der Waals surface area (Å²) >= 11 is 0. The van der Waals surface area contributed by atoms with Crippen molar-refractivity contribution >= 4 is 15.9 Å². The smallest absolute Gasteiger partial charge is 0.260 e. The van der Waals surface area contributed by atoms with Crippen molar-refractivity contribution in [1.82, 2.24) is 19.2 Å². The zero-order valence-electron chi connectivity index (χ0n) is 10.3. The lowest BCUT2D eigenvalue weighted by Gasteiger charge is -2.17. The van der Waals surface area contributed by atoms with Gasteiger partial charge in [0.25, 0.3) is 10.0 Å². The highest BCUT2D eigenvalue weighted by atomic mass is 32.2. The van der Waals surface area contributed by atoms with Crippen molar-refractivity contribution in [2.75, 3.05) is 27.7 Å². The molecule has 1 N–H and O–H groups in total. The summed E-state index contributed by atoms with van der Waals surface area (Å²) in [5, 5.41) is -0.0101. The van der Waals surface area contributed by atoms with Gasteiger partial charge in [0.05, 0.1) is 12.7 Å². The summed E-state index contributed by atoms with van der Waals surface area (Å²) in [6.45, 7) is 1.46. The lowest BCUT2D eigenvalue weighted by molar-refractivity contribution is -0.128. The Morgan fingerprint density at radius 1 is 1.41 bits per heavy atom. The van der Waals surface area contributed by atoms with Gasteiger partial charge in [0.1, 0.15) is 5.82 Å². The first-order chi connectivity index (χ1) is 7.75. The lowest BCUT2D eigenvalue weighted by Crippen LogP contribution is -2.37. The number of nitrogens with one attached hydrogen (secondary N) is 1. The molecule has 0 aromatic carbocycles. The number of sulfonamides is 1. The molecular weight excluding hydrogens is 244 g/mol. The van der Waals surface area contributed by atoms with E-state index in [-0.39, 0.29) is 17.5 Å². The van der Waals surface area contributed by atoms with Crippen LogP contribution >= 0.6 is 0 Å². The summed E-state index contributed by atoms with van der Waals surface area (Å²) in [4.78, 5) is 19.2. The van der Waals surface area contributed by atoms with Crippen LogP contribution in [0.5, 0.6) is 0 Å². The molecule has 0 saturated carbocycles. The zero-order chi connectivity index (χ0) is 13.2. The van der Waals surface area contributed by atoms with Crippen LogP contribution in [-0.2, 0) is 14.8 Å². The summed E-state index contributed by atoms with van der Waals surface area (Å²) in [6.07, 6.45) is 1.24. The van der Waals surface area contributed by atoms with Crippen LogP contribution in [0.2, 0.25) is 0 Å². The van der Waals surface area contributed by atoms with Crippen LogP contribution in [0.3, 0.4) is 0 Å². The molecular formula is C9H16N4O3S. The van der Waals surface area contributed by atoms with E-state index < -0.39 is 10.0 Å². The first-order valence-corrected chi connectivity index (χ1v) is 6.37. The molecule has 0 aliphatic heterocycles. The fourth-order valence-corrected chi connectivity index (χ4v) is 2.19. The van der Waals surface area contributed by atoms with E-state index in [0.29, 0.717) is 5.82 Å². The largest absolute Gasteiger partial charge is 0.348 e. The van der Waals surface area contributed by atoms with E-state index in [2.05, 4.69) is 9.97 Å². The highest BCUT2D eigenvalue weighted by Gasteiger charge is 2.25. The molecule has 1 amide bonds. The highest BCUT2D eigenvalue weighted by Crippen LogP contribution is 2.11. The third-order valence-electron chi connectivity index (χ3n) is 2.22. The van der Waals surface area contributed by atoms with Gasteiger partial charge < -0.3 is 9.88 Å². The fourth-order valence-electron chi connectivity index (χ4n) is 1.11. The highest BCUT2D eigenvalue weighted by molar-refractivity contribution is 7.89. The molecule has 0 aliphatic carbocycles. The number of hydrogen-bond donors (Lipinski definition) is 1. The van der Waals surface area contributed by atoms with Crippen LogP contribution in [0, 0.1) is 6.92 Å². The Labute approximate surface area is 100 Å². The number of aromatic amines is 1. The molecule has 1 rings (SSSR count). The topological polar surface area (TPSA) is 86.4 Å². The van der Waals surface area contributed by atoms with Gasteiger partial charge in [-0.15, -0.1) is 0 Å². The average molecular weight is 260 g/mol. The van der Waals surface area contributed by atoms with E-state index in [1.165, 1.54) is 18.1 Å². The number of aryl methyl sites for hydroxylation is 1. The van der Waals surface area contributed by atoms with E-state index in [9.17, 15) is 13.2 Å². The molecule has 1 aromatic rings. The number of likely N-dealkylation sites (N-methyl/N-ethyl adjacent to an activating group) is 2. The average Bonchev–Trinajstić information content (AvgIpc) is 2.64. The molecule has 0 aliphatic rings. The van der Waals surface area contributed by atoms with E-state index in [1.54, 1.807) is 21.0 Å². The third kappa shape index (κ3) is 3.04. The number of amides is 1. The monoisotopic (exact) mass is 260 g/mol. The van der Waals surface area contributed by atoms with Gasteiger partial charge in [-0.3, -0.25) is 4.79 Å². The zero-order valence-corrected chi connectivity index (χ0v) is 11.1. The normalized spacial score (nSPS) is 11.8. The second-order valence-corrected chi connectivity index (χ2v) is 5.90. The predicted octanol–water partition coefficient (Wildman–Crippen LogP) is -0.573. The van der Waals surface area contributed by atoms with Crippen molar-refractivity contribution in [2.24, 2.45) is 0 Å². The molecule has 0 fully saturated rings. The van der Waals surface area contributed by atoms with Crippen LogP contribution < -0.4 is 0 Å². The minimum Gasteiger partial charge on any atom is -0.348 e. The minimum absolute atomic E-state index is 0.0101. The van der Waals surface area contributed by atoms with Gasteiger partial charge in [0.2, 0.25) is 5.91 Å². The van der Waals surface area contributed by atoms with E-state index >= 15 is 0 Å². The van der Waals surface area contributed by atoms with E-state index in [1.807, 2.05) is 0 Å². The molecule has 0 atom stereocenters. The Morgan fingerprint density at radius 2 is 2.00 bits per heavy atom. The first kappa shape index (κ1) is 13.7. The standard InChI is InChI=1S/C9H16N4O3S/c1-7-10-5-8(11-7)17(15,16)13(4)6-9(14)12(2)3/h5H,6H2,1-4H3,(H,10,11). The Balaban J connectivity index is 2.88. The number of nitrogens with zero attached hydrogens (tertiary/aromatic N) is 3. The third-order valence-corrected chi connectivity index (χ3v) is 3.94. The van der Waals surface area contributed by atoms with Crippen LogP contribution in [0.25, 0.3) is 0 Å². The van der Waals surface area contributed by atoms with Crippen molar-refractivity contribution in [2.45, 2.75) is 11.9 Å². The van der Waals surface area contributed by atoms with Crippen molar-refractivity contribution < 1.29 is 13.2 Å². The van der Waals surface area contributed by atoms with Crippen molar-refractivity contribution in [3.63, 3.8) is 0 Å². The molecule has 1 heterocycles. The van der Waals surface area contributed by atoms with Gasteiger partial charge in [-0.2, -0.15) is 4.31 Å². The Kier molecular flexibility index (Phi) is 3.89. The van der Waals surface area contributed by atoms with E-state index in [4.69, 9.17) is 0 Å². The van der Waals surface area contributed by atoms with Crippen molar-refractivity contribution in [3.05, 3.63) is 12.0 Å². The fraction of sp³-hybridized carbons (Fsp3) is 0.556. The molecule has 0 spiro atoms. The molecule has 0 unspecified atom stereocenters. The Hall–Kier alpha value is -1.41. The molecule has 0 bridgehead atoms. The van der Waals surface area contributed by atoms with Crippen molar-refractivity contribution in [1.29, 1.82) is 0 Å². The number of carbonyl (C=O) groups is 1. The second kappa shape index (κ2) is 4.84. The van der Waals surface area contributed by atoms with Gasteiger partial charge in [-0.25, -0.2) is 13.4 Å². The molecule has 96 valence electrons. The summed E-state index contributed by atoms with van der Waals surface area (Å²) in [5.74, 6) is 0.225. The molecule has 8 heteroatoms. The number of aromatic nitrogens is 2. The molecule has 0 radical (unpaired) electrons. The minimum atomic E-state index is -3.68. The number of imidazole rings is 1. The quantitative estimate of drug-likeness (QED) is 0.785. The molecule has 0 saturated heterocycles. The van der Waals surface area contributed by atoms with Crippen LogP contribution in [-0.4, -0.2) is 61.2 Å². The van der Waals surface area contributed by atoms with Crippen LogP contribution in [0.1, 0.15) is 5.82 Å². The second-order valence-electron chi connectivity index (χ2n) is 3.88. The lowest BCUT2D eigenvalue weighted by atomic mass is 10.5. The number of hydrogen-bond acceptors (Lipinski definition) is 4. The summed E-state index contributed by atoms with van der Waals surface area (Å²) in [6, 6.07) is 0. The maximum Gasteiger partial charge on any atom is 0.260 e. The molecule has 1 aromatic heterocycles. The first-order valence-electron chi connectivity index (χ1n) is 4.93. The SMILES string of the molecule is Cc1ncc(S(=O)(=O)N(C)CC(=O)N(C)C)[nH]1. The van der Waals surface area contributed by atoms with Gasteiger partial charge in [-0.05, 0) is 6.92 Å². The number of rotatable bonds is 4. The summed E-state index contributed by atoms with van der Waals surface area (Å²) in [5.41, 5.74) is 0. The number of H-pyrrole nitrogens is 1. The van der Waals surface area contributed by atoms with Gasteiger partial charge in [0.15, 0.2) is 5.03 Å². The van der Waals surface area contributed by atoms with Gasteiger partial charge in [-0.1, -0.05) is 0 Å². The Bertz CT molecular complexity index is 506. The van der Waals surface area contributed by atoms with Crippen molar-refractivity contribution in [3.8, 4) is 0 Å². The molecule has 17 heavy (non-hydrogen) atoms. The predicted molar refractivity (Wildman–Crippen MR) is 61.8 cm³/mol.